The number of nitrogens with zero attached hydrogens (tertiary/aromatic N) is 1. The monoisotopic (exact) mass is 356 g/mol. The lowest BCUT2D eigenvalue weighted by Crippen LogP contribution is -2.23. The van der Waals surface area contributed by atoms with Crippen molar-refractivity contribution in [3.8, 4) is 0 Å². The van der Waals surface area contributed by atoms with Crippen LogP contribution in [0.15, 0.2) is 39.9 Å². The summed E-state index contributed by atoms with van der Waals surface area (Å²) < 4.78 is 27.2. The largest absolute Gasteiger partial charge is 0.312 e. The molecule has 0 aliphatic carbocycles. The van der Waals surface area contributed by atoms with E-state index in [0.29, 0.717) is 18.7 Å². The molecule has 5 nitrogen and oxygen atoms in total. The van der Waals surface area contributed by atoms with Gasteiger partial charge < -0.3 is 4.90 Å². The number of hydrogen-bond acceptors (Lipinski definition) is 4. The number of anilines is 2. The van der Waals surface area contributed by atoms with Crippen molar-refractivity contribution in [1.82, 2.24) is 0 Å². The molecule has 1 aromatic heterocycles. The summed E-state index contributed by atoms with van der Waals surface area (Å²) in [4.78, 5) is 13.4. The minimum absolute atomic E-state index is 0.0365. The summed E-state index contributed by atoms with van der Waals surface area (Å²) in [6, 6.07) is 8.09. The van der Waals surface area contributed by atoms with Crippen LogP contribution in [0.5, 0.6) is 0 Å². The molecule has 116 valence electrons. The van der Waals surface area contributed by atoms with E-state index in [4.69, 9.17) is 11.6 Å². The highest BCUT2D eigenvalue weighted by atomic mass is 35.5. The van der Waals surface area contributed by atoms with Crippen molar-refractivity contribution in [3.05, 3.63) is 40.7 Å². The molecule has 8 heteroatoms. The van der Waals surface area contributed by atoms with Crippen molar-refractivity contribution >= 4 is 50.2 Å². The van der Waals surface area contributed by atoms with Crippen LogP contribution in [0.3, 0.4) is 0 Å². The smallest absolute Gasteiger partial charge is 0.271 e. The minimum Gasteiger partial charge on any atom is -0.312 e. The quantitative estimate of drug-likeness (QED) is 0.913. The zero-order chi connectivity index (χ0) is 15.7. The van der Waals surface area contributed by atoms with Gasteiger partial charge in [-0.1, -0.05) is 17.7 Å². The van der Waals surface area contributed by atoms with Gasteiger partial charge in [-0.05, 0) is 36.1 Å². The van der Waals surface area contributed by atoms with Crippen LogP contribution in [0.1, 0.15) is 12.8 Å². The Bertz CT molecular complexity index is 804. The first-order valence-electron chi connectivity index (χ1n) is 6.63. The molecule has 1 saturated heterocycles. The molecule has 3 rings (SSSR count). The van der Waals surface area contributed by atoms with Crippen LogP contribution >= 0.6 is 22.9 Å². The molecule has 1 aliphatic rings. The third-order valence-corrected chi connectivity index (χ3v) is 6.43. The van der Waals surface area contributed by atoms with Crippen LogP contribution in [0.25, 0.3) is 0 Å². The third kappa shape index (κ3) is 2.97. The fraction of sp³-hybridized carbons (Fsp3) is 0.214. The van der Waals surface area contributed by atoms with Crippen LogP contribution in [0.2, 0.25) is 5.02 Å². The van der Waals surface area contributed by atoms with Crippen molar-refractivity contribution in [2.45, 2.75) is 17.1 Å². The van der Waals surface area contributed by atoms with Crippen LogP contribution < -0.4 is 9.62 Å². The highest BCUT2D eigenvalue weighted by Crippen LogP contribution is 2.31. The van der Waals surface area contributed by atoms with Gasteiger partial charge in [-0.2, -0.15) is 0 Å². The number of nitrogens with one attached hydrogen (secondary N) is 1. The summed E-state index contributed by atoms with van der Waals surface area (Å²) >= 11 is 7.21. The average molecular weight is 357 g/mol. The second kappa shape index (κ2) is 5.91. The Kier molecular flexibility index (Phi) is 4.12. The summed E-state index contributed by atoms with van der Waals surface area (Å²) in [5, 5.41) is 1.98. The Hall–Kier alpha value is -1.57. The molecule has 2 heterocycles. The predicted molar refractivity (Wildman–Crippen MR) is 88.2 cm³/mol. The number of hydrogen-bond donors (Lipinski definition) is 1. The maximum absolute atomic E-state index is 12.3. The topological polar surface area (TPSA) is 66.5 Å². The van der Waals surface area contributed by atoms with Crippen LogP contribution in [0, 0.1) is 0 Å². The first-order chi connectivity index (χ1) is 10.5. The van der Waals surface area contributed by atoms with E-state index in [2.05, 4.69) is 4.72 Å². The number of amides is 1. The molecule has 0 spiro atoms. The van der Waals surface area contributed by atoms with Gasteiger partial charge in [0.2, 0.25) is 5.91 Å². The van der Waals surface area contributed by atoms with Gasteiger partial charge in [-0.3, -0.25) is 9.52 Å². The number of sulfonamides is 1. The van der Waals surface area contributed by atoms with E-state index in [-0.39, 0.29) is 20.8 Å². The van der Waals surface area contributed by atoms with Crippen molar-refractivity contribution in [2.24, 2.45) is 0 Å². The average Bonchev–Trinajstić information content (AvgIpc) is 3.12. The Balaban J connectivity index is 1.92. The van der Waals surface area contributed by atoms with E-state index in [0.717, 1.165) is 17.8 Å². The minimum atomic E-state index is -3.67. The lowest BCUT2D eigenvalue weighted by atomic mass is 10.2. The maximum atomic E-state index is 12.3. The van der Waals surface area contributed by atoms with Gasteiger partial charge in [0.1, 0.15) is 4.21 Å². The Labute approximate surface area is 137 Å². The predicted octanol–water partition coefficient (Wildman–Crippen LogP) is 3.33. The number of thiophene rings is 1. The van der Waals surface area contributed by atoms with Gasteiger partial charge in [0.25, 0.3) is 10.0 Å². The normalized spacial score (nSPS) is 15.3. The Morgan fingerprint density at radius 3 is 2.73 bits per heavy atom. The number of carbonyl (C=O) groups is 1. The lowest BCUT2D eigenvalue weighted by Gasteiger charge is -2.17. The molecular weight excluding hydrogens is 344 g/mol. The van der Waals surface area contributed by atoms with Crippen molar-refractivity contribution in [1.29, 1.82) is 0 Å². The molecule has 1 N–H and O–H groups in total. The summed E-state index contributed by atoms with van der Waals surface area (Å²) in [7, 11) is -3.67. The highest BCUT2D eigenvalue weighted by Gasteiger charge is 2.23. The molecule has 0 bridgehead atoms. The lowest BCUT2D eigenvalue weighted by molar-refractivity contribution is -0.117. The van der Waals surface area contributed by atoms with E-state index < -0.39 is 10.0 Å². The second-order valence-electron chi connectivity index (χ2n) is 4.85. The summed E-state index contributed by atoms with van der Waals surface area (Å²) in [6.45, 7) is 0.636. The number of benzene rings is 1. The molecule has 1 aliphatic heterocycles. The fourth-order valence-corrected chi connectivity index (χ4v) is 4.58. The molecular formula is C14H13ClN2O3S2. The van der Waals surface area contributed by atoms with Gasteiger partial charge in [-0.15, -0.1) is 11.3 Å². The fourth-order valence-electron chi connectivity index (χ4n) is 2.29. The van der Waals surface area contributed by atoms with E-state index in [1.807, 2.05) is 0 Å². The standard InChI is InChI=1S/C14H13ClN2O3S2/c15-11-6-5-10(17-7-1-3-13(17)18)9-12(11)16-22(19,20)14-4-2-8-21-14/h2,4-6,8-9,16H,1,3,7H2. The second-order valence-corrected chi connectivity index (χ2v) is 8.11. The molecule has 0 atom stereocenters. The van der Waals surface area contributed by atoms with Gasteiger partial charge >= 0.3 is 0 Å². The number of halogens is 1. The van der Waals surface area contributed by atoms with E-state index in [1.54, 1.807) is 34.5 Å². The van der Waals surface area contributed by atoms with Crippen LogP contribution in [0.4, 0.5) is 11.4 Å². The molecule has 0 saturated carbocycles. The van der Waals surface area contributed by atoms with Crippen molar-refractivity contribution in [2.75, 3.05) is 16.2 Å². The third-order valence-electron chi connectivity index (χ3n) is 3.34. The zero-order valence-corrected chi connectivity index (χ0v) is 13.8. The number of rotatable bonds is 4. The number of carbonyl (C=O) groups excluding carboxylic acids is 1. The molecule has 1 amide bonds. The SMILES string of the molecule is O=C1CCCN1c1ccc(Cl)c(NS(=O)(=O)c2cccs2)c1. The van der Waals surface area contributed by atoms with Gasteiger partial charge in [0.05, 0.1) is 10.7 Å². The molecule has 0 radical (unpaired) electrons. The molecule has 2 aromatic rings. The Morgan fingerprint density at radius 1 is 1.27 bits per heavy atom. The van der Waals surface area contributed by atoms with E-state index >= 15 is 0 Å². The summed E-state index contributed by atoms with van der Waals surface area (Å²) in [6.07, 6.45) is 1.32. The van der Waals surface area contributed by atoms with Gasteiger partial charge in [-0.25, -0.2) is 8.42 Å². The van der Waals surface area contributed by atoms with Crippen molar-refractivity contribution < 1.29 is 13.2 Å². The molecule has 0 unspecified atom stereocenters. The van der Waals surface area contributed by atoms with Crippen LogP contribution in [-0.4, -0.2) is 20.9 Å². The van der Waals surface area contributed by atoms with E-state index in [1.165, 1.54) is 6.07 Å². The van der Waals surface area contributed by atoms with Crippen LogP contribution in [-0.2, 0) is 14.8 Å². The summed E-state index contributed by atoms with van der Waals surface area (Å²) in [5.41, 5.74) is 0.919. The highest BCUT2D eigenvalue weighted by molar-refractivity contribution is 7.94. The first-order valence-corrected chi connectivity index (χ1v) is 9.38. The summed E-state index contributed by atoms with van der Waals surface area (Å²) in [5.74, 6) is 0.0365. The first kappa shape index (κ1) is 15.3. The van der Waals surface area contributed by atoms with E-state index in [9.17, 15) is 13.2 Å². The zero-order valence-electron chi connectivity index (χ0n) is 11.5. The Morgan fingerprint density at radius 2 is 2.09 bits per heavy atom. The van der Waals surface area contributed by atoms with Gasteiger partial charge in [0.15, 0.2) is 0 Å². The maximum Gasteiger partial charge on any atom is 0.271 e. The molecule has 1 fully saturated rings. The molecule has 22 heavy (non-hydrogen) atoms. The molecule has 1 aromatic carbocycles. The van der Waals surface area contributed by atoms with Gasteiger partial charge in [0, 0.05) is 18.7 Å². The van der Waals surface area contributed by atoms with Crippen molar-refractivity contribution in [3.63, 3.8) is 0 Å².